The summed E-state index contributed by atoms with van der Waals surface area (Å²) in [5.74, 6) is 0.0620. The zero-order valence-corrected chi connectivity index (χ0v) is 18.0. The predicted molar refractivity (Wildman–Crippen MR) is 100 cm³/mol. The van der Waals surface area contributed by atoms with Crippen molar-refractivity contribution in [3.05, 3.63) is 11.5 Å². The monoisotopic (exact) mass is 473 g/mol. The zero-order valence-electron chi connectivity index (χ0n) is 16.2. The maximum atomic E-state index is 11.7. The molecule has 0 saturated carbocycles. The average molecular weight is 473 g/mol. The third kappa shape index (κ3) is 5.14. The van der Waals surface area contributed by atoms with E-state index in [0.29, 0.717) is 19.0 Å². The highest BCUT2D eigenvalue weighted by Crippen LogP contribution is 2.57. The van der Waals surface area contributed by atoms with Crippen LogP contribution in [0.15, 0.2) is 16.5 Å². The normalized spacial score (nSPS) is 31.5. The second-order valence-electron chi connectivity index (χ2n) is 6.94. The molecule has 172 valence electrons. The number of phosphoric ester groups is 1. The van der Waals surface area contributed by atoms with Gasteiger partial charge < -0.3 is 50.1 Å². The Kier molecular flexibility index (Phi) is 6.80. The number of nitrogens with zero attached hydrogens (tertiary/aromatic N) is 3. The first kappa shape index (κ1) is 23.4. The van der Waals surface area contributed by atoms with E-state index in [1.165, 1.54) is 7.11 Å². The van der Waals surface area contributed by atoms with E-state index in [1.807, 2.05) is 11.9 Å². The third-order valence-electron chi connectivity index (χ3n) is 4.82. The van der Waals surface area contributed by atoms with E-state index in [-0.39, 0.29) is 12.6 Å². The molecule has 5 atom stereocenters. The van der Waals surface area contributed by atoms with Crippen molar-refractivity contribution in [1.82, 2.24) is 15.1 Å². The number of phosphoric acid groups is 2. The number of rotatable bonds is 8. The summed E-state index contributed by atoms with van der Waals surface area (Å²) in [5.41, 5.74) is 6.60. The maximum Gasteiger partial charge on any atom is 0.481 e. The fourth-order valence-corrected chi connectivity index (χ4v) is 5.12. The topological polar surface area (TPSA) is 209 Å². The Bertz CT molecular complexity index is 818. The number of guanidine groups is 1. The molecule has 0 aromatic heterocycles. The van der Waals surface area contributed by atoms with E-state index in [0.717, 1.165) is 5.70 Å². The molecule has 3 aliphatic heterocycles. The molecule has 0 amide bonds. The molecule has 0 aliphatic carbocycles. The van der Waals surface area contributed by atoms with Crippen molar-refractivity contribution in [2.45, 2.75) is 18.4 Å². The van der Waals surface area contributed by atoms with Crippen LogP contribution in [0.25, 0.3) is 0 Å². The Hall–Kier alpha value is -1.25. The van der Waals surface area contributed by atoms with Crippen LogP contribution in [0.5, 0.6) is 0 Å². The van der Waals surface area contributed by atoms with Crippen molar-refractivity contribution in [2.75, 3.05) is 40.6 Å². The molecule has 1 saturated heterocycles. The van der Waals surface area contributed by atoms with Gasteiger partial charge >= 0.3 is 15.6 Å². The summed E-state index contributed by atoms with van der Waals surface area (Å²) >= 11 is 0. The predicted octanol–water partition coefficient (Wildman–Crippen LogP) is -2.15. The molecule has 0 bridgehead atoms. The van der Waals surface area contributed by atoms with Gasteiger partial charge in [0.2, 0.25) is 0 Å². The minimum atomic E-state index is -5.25. The largest absolute Gasteiger partial charge is 0.481 e. The fourth-order valence-electron chi connectivity index (χ4n) is 3.53. The standard InChI is InChI=1S/C13H25N5O10P2/c1-17-6-18(11-8(17)3-15-13(14)16-11)12-10(19)7(4-25-2)9(27-12)5-26-30(23,24)28-29(20,21)22/h7,9-10,12,19H,3-6H2,1-2H3,(H,23,24)(H3,14,15,16)(H2,20,21,22)/t7-,9-,10-,12-/m1/s1. The van der Waals surface area contributed by atoms with Crippen molar-refractivity contribution >= 4 is 21.6 Å². The van der Waals surface area contributed by atoms with Gasteiger partial charge in [0, 0.05) is 20.1 Å². The van der Waals surface area contributed by atoms with Crippen LogP contribution in [0, 0.1) is 5.92 Å². The first-order valence-corrected chi connectivity index (χ1v) is 11.8. The minimum absolute atomic E-state index is 0.0311. The van der Waals surface area contributed by atoms with E-state index in [4.69, 9.17) is 25.0 Å². The van der Waals surface area contributed by atoms with Crippen LogP contribution in [0.1, 0.15) is 0 Å². The summed E-state index contributed by atoms with van der Waals surface area (Å²) in [6, 6.07) is 0. The summed E-state index contributed by atoms with van der Waals surface area (Å²) in [6.07, 6.45) is -2.93. The molecular formula is C13H25N5O10P2. The Balaban J connectivity index is 1.75. The molecule has 30 heavy (non-hydrogen) atoms. The van der Waals surface area contributed by atoms with E-state index in [9.17, 15) is 19.1 Å². The Labute approximate surface area is 171 Å². The summed E-state index contributed by atoms with van der Waals surface area (Å²) < 4.78 is 42.0. The van der Waals surface area contributed by atoms with Crippen LogP contribution < -0.4 is 11.1 Å². The van der Waals surface area contributed by atoms with Crippen LogP contribution >= 0.6 is 15.6 Å². The smallest absolute Gasteiger partial charge is 0.388 e. The molecule has 3 rings (SSSR count). The average Bonchev–Trinajstić information content (AvgIpc) is 3.09. The SMILES string of the molecule is COC[C@H]1[C@@H](O)[C@H](N2CN(C)C3=C2N=C(N)NC3)O[C@@H]1COP(=O)(O)OP(=O)(O)O. The van der Waals surface area contributed by atoms with Crippen molar-refractivity contribution in [1.29, 1.82) is 0 Å². The number of hydrogen-bond donors (Lipinski definition) is 6. The summed E-state index contributed by atoms with van der Waals surface area (Å²) in [7, 11) is -7.07. The first-order chi connectivity index (χ1) is 13.9. The quantitative estimate of drug-likeness (QED) is 0.208. The van der Waals surface area contributed by atoms with Crippen LogP contribution in [0.3, 0.4) is 0 Å². The molecule has 1 unspecified atom stereocenters. The zero-order chi connectivity index (χ0) is 22.3. The molecule has 3 heterocycles. The van der Waals surface area contributed by atoms with E-state index < -0.39 is 46.6 Å². The van der Waals surface area contributed by atoms with Crippen molar-refractivity contribution < 1.29 is 47.2 Å². The van der Waals surface area contributed by atoms with Gasteiger partial charge in [0.1, 0.15) is 6.10 Å². The molecule has 0 aromatic rings. The first-order valence-electron chi connectivity index (χ1n) is 8.77. The van der Waals surface area contributed by atoms with Crippen LogP contribution in [-0.4, -0.2) is 94.6 Å². The number of nitrogens with two attached hydrogens (primary N) is 1. The van der Waals surface area contributed by atoms with Gasteiger partial charge in [-0.25, -0.2) is 9.13 Å². The Morgan fingerprint density at radius 3 is 2.67 bits per heavy atom. The molecule has 15 nitrogen and oxygen atoms in total. The summed E-state index contributed by atoms with van der Waals surface area (Å²) in [6.45, 7) is 0.237. The Morgan fingerprint density at radius 2 is 2.03 bits per heavy atom. The van der Waals surface area contributed by atoms with Gasteiger partial charge in [-0.1, -0.05) is 0 Å². The molecule has 17 heteroatoms. The lowest BCUT2D eigenvalue weighted by Gasteiger charge is -2.29. The third-order valence-corrected chi connectivity index (χ3v) is 6.97. The number of aliphatic imine (C=N–C) groups is 1. The minimum Gasteiger partial charge on any atom is -0.388 e. The second-order valence-corrected chi connectivity index (χ2v) is 9.77. The second kappa shape index (κ2) is 8.71. The number of aliphatic hydroxyl groups is 1. The molecule has 3 aliphatic rings. The number of aliphatic hydroxyl groups excluding tert-OH is 1. The highest BCUT2D eigenvalue weighted by Gasteiger charge is 2.50. The molecule has 7 N–H and O–H groups in total. The number of ether oxygens (including phenoxy) is 2. The summed E-state index contributed by atoms with van der Waals surface area (Å²) in [4.78, 5) is 34.8. The van der Waals surface area contributed by atoms with Gasteiger partial charge in [-0.2, -0.15) is 9.30 Å². The van der Waals surface area contributed by atoms with Crippen molar-refractivity contribution in [3.63, 3.8) is 0 Å². The molecule has 0 aromatic carbocycles. The molecule has 1 fully saturated rings. The van der Waals surface area contributed by atoms with Gasteiger partial charge in [-0.05, 0) is 0 Å². The summed E-state index contributed by atoms with van der Waals surface area (Å²) in [5, 5.41) is 13.8. The van der Waals surface area contributed by atoms with E-state index >= 15 is 0 Å². The van der Waals surface area contributed by atoms with Gasteiger partial charge in [0.15, 0.2) is 18.0 Å². The lowest BCUT2D eigenvalue weighted by atomic mass is 9.99. The highest BCUT2D eigenvalue weighted by atomic mass is 31.3. The molecule has 0 spiro atoms. The lowest BCUT2D eigenvalue weighted by Crippen LogP contribution is -2.43. The number of likely N-dealkylation sites (N-methyl/N-ethyl adjacent to an activating group) is 1. The lowest BCUT2D eigenvalue weighted by molar-refractivity contribution is -0.0866. The van der Waals surface area contributed by atoms with Crippen molar-refractivity contribution in [2.24, 2.45) is 16.6 Å². The fraction of sp³-hybridized carbons (Fsp3) is 0.769. The Morgan fingerprint density at radius 1 is 1.33 bits per heavy atom. The molecular weight excluding hydrogens is 448 g/mol. The number of hydrogen-bond acceptors (Lipinski definition) is 12. The van der Waals surface area contributed by atoms with Crippen molar-refractivity contribution in [3.8, 4) is 0 Å². The van der Waals surface area contributed by atoms with Gasteiger partial charge in [0.25, 0.3) is 0 Å². The number of methoxy groups -OCH3 is 1. The highest BCUT2D eigenvalue weighted by molar-refractivity contribution is 7.60. The van der Waals surface area contributed by atoms with Gasteiger partial charge in [-0.3, -0.25) is 4.52 Å². The van der Waals surface area contributed by atoms with E-state index in [1.54, 1.807) is 4.90 Å². The molecule has 0 radical (unpaired) electrons. The van der Waals surface area contributed by atoms with E-state index in [2.05, 4.69) is 19.1 Å². The van der Waals surface area contributed by atoms with Gasteiger partial charge in [0.05, 0.1) is 38.2 Å². The van der Waals surface area contributed by atoms with Crippen LogP contribution in [-0.2, 0) is 27.4 Å². The van der Waals surface area contributed by atoms with Crippen LogP contribution in [0.2, 0.25) is 0 Å². The number of nitrogens with one attached hydrogen (secondary N) is 1. The van der Waals surface area contributed by atoms with Crippen LogP contribution in [0.4, 0.5) is 0 Å². The van der Waals surface area contributed by atoms with Gasteiger partial charge in [-0.15, -0.1) is 0 Å². The maximum absolute atomic E-state index is 11.7.